The Kier molecular flexibility index (Phi) is 5.93. The second-order valence-electron chi connectivity index (χ2n) is 6.41. The van der Waals surface area contributed by atoms with E-state index in [1.54, 1.807) is 13.4 Å². The molecule has 0 saturated carbocycles. The molecule has 1 unspecified atom stereocenters. The van der Waals surface area contributed by atoms with E-state index in [1.165, 1.54) is 12.8 Å². The summed E-state index contributed by atoms with van der Waals surface area (Å²) in [6.07, 6.45) is 4.15. The van der Waals surface area contributed by atoms with Crippen molar-refractivity contribution in [3.63, 3.8) is 0 Å². The Balaban J connectivity index is 1.47. The summed E-state index contributed by atoms with van der Waals surface area (Å²) in [6.45, 7) is 5.67. The van der Waals surface area contributed by atoms with Crippen molar-refractivity contribution in [2.75, 3.05) is 43.6 Å². The van der Waals surface area contributed by atoms with Crippen molar-refractivity contribution >= 4 is 11.6 Å². The first-order valence-corrected chi connectivity index (χ1v) is 8.82. The van der Waals surface area contributed by atoms with E-state index in [-0.39, 0.29) is 0 Å². The van der Waals surface area contributed by atoms with E-state index in [0.29, 0.717) is 13.2 Å². The van der Waals surface area contributed by atoms with E-state index in [9.17, 15) is 0 Å². The topological polar surface area (TPSA) is 59.5 Å². The zero-order chi connectivity index (χ0) is 17.5. The van der Waals surface area contributed by atoms with Crippen LogP contribution in [0.3, 0.4) is 0 Å². The van der Waals surface area contributed by atoms with Gasteiger partial charge >= 0.3 is 0 Å². The highest BCUT2D eigenvalue weighted by Crippen LogP contribution is 2.22. The van der Waals surface area contributed by atoms with Gasteiger partial charge in [0, 0.05) is 19.2 Å². The summed E-state index contributed by atoms with van der Waals surface area (Å²) < 4.78 is 10.9. The number of piperidine rings is 1. The molecule has 1 atom stereocenters. The number of ether oxygens (including phenoxy) is 2. The van der Waals surface area contributed by atoms with Crippen LogP contribution in [0.25, 0.3) is 0 Å². The van der Waals surface area contributed by atoms with Crippen LogP contribution in [-0.4, -0.2) is 43.3 Å². The first kappa shape index (κ1) is 17.3. The van der Waals surface area contributed by atoms with Gasteiger partial charge in [-0.05, 0) is 43.0 Å². The van der Waals surface area contributed by atoms with E-state index >= 15 is 0 Å². The number of nitrogens with zero attached hydrogens (tertiary/aromatic N) is 3. The number of rotatable bonds is 7. The van der Waals surface area contributed by atoms with E-state index < -0.39 is 0 Å². The number of aromatic nitrogens is 2. The summed E-state index contributed by atoms with van der Waals surface area (Å²) >= 11 is 0. The molecule has 6 heteroatoms. The van der Waals surface area contributed by atoms with Crippen LogP contribution in [0.5, 0.6) is 11.5 Å². The van der Waals surface area contributed by atoms with Crippen LogP contribution < -0.4 is 19.7 Å². The number of hydrogen-bond donors (Lipinski definition) is 1. The number of nitrogens with one attached hydrogen (secondary N) is 1. The second kappa shape index (κ2) is 8.55. The highest BCUT2D eigenvalue weighted by molar-refractivity contribution is 5.48. The molecule has 1 N–H and O–H groups in total. The lowest BCUT2D eigenvalue weighted by Gasteiger charge is -2.31. The summed E-state index contributed by atoms with van der Waals surface area (Å²) in [7, 11) is 1.65. The Morgan fingerprint density at radius 2 is 2.00 bits per heavy atom. The van der Waals surface area contributed by atoms with Crippen LogP contribution in [0.1, 0.15) is 19.8 Å². The van der Waals surface area contributed by atoms with E-state index in [2.05, 4.69) is 27.1 Å². The van der Waals surface area contributed by atoms with Crippen LogP contribution in [0, 0.1) is 5.92 Å². The fraction of sp³-hybridized carbons (Fsp3) is 0.474. The van der Waals surface area contributed by atoms with Crippen LogP contribution in [0.4, 0.5) is 11.6 Å². The van der Waals surface area contributed by atoms with Gasteiger partial charge in [0.15, 0.2) is 0 Å². The largest absolute Gasteiger partial charge is 0.497 e. The van der Waals surface area contributed by atoms with Gasteiger partial charge in [-0.1, -0.05) is 6.92 Å². The third kappa shape index (κ3) is 4.98. The third-order valence-electron chi connectivity index (χ3n) is 4.37. The van der Waals surface area contributed by atoms with Crippen molar-refractivity contribution < 1.29 is 9.47 Å². The normalized spacial score (nSPS) is 17.2. The first-order valence-electron chi connectivity index (χ1n) is 8.82. The lowest BCUT2D eigenvalue weighted by Crippen LogP contribution is -2.34. The van der Waals surface area contributed by atoms with Crippen LogP contribution >= 0.6 is 0 Å². The quantitative estimate of drug-likeness (QED) is 0.780. The standard InChI is InChI=1S/C19H26N4O2/c1-15-4-3-10-23(13-15)19-12-18(21-14-22-19)20-9-11-25-17-7-5-16(24-2)6-8-17/h5-8,12,14-15H,3-4,9-11,13H2,1-2H3,(H,20,21,22). The molecular weight excluding hydrogens is 316 g/mol. The maximum atomic E-state index is 5.72. The van der Waals surface area contributed by atoms with Gasteiger partial charge in [0.05, 0.1) is 13.7 Å². The van der Waals surface area contributed by atoms with Gasteiger partial charge in [-0.25, -0.2) is 9.97 Å². The Bertz CT molecular complexity index is 663. The van der Waals surface area contributed by atoms with E-state index in [0.717, 1.165) is 42.1 Å². The molecule has 2 aromatic rings. The SMILES string of the molecule is COc1ccc(OCCNc2cc(N3CCCC(C)C3)ncn2)cc1. The molecule has 0 radical (unpaired) electrons. The fourth-order valence-corrected chi connectivity index (χ4v) is 3.03. The van der Waals surface area contributed by atoms with Gasteiger partial charge in [-0.2, -0.15) is 0 Å². The van der Waals surface area contributed by atoms with E-state index in [4.69, 9.17) is 9.47 Å². The van der Waals surface area contributed by atoms with Gasteiger partial charge < -0.3 is 19.7 Å². The molecule has 1 aromatic heterocycles. The average Bonchev–Trinajstić information content (AvgIpc) is 2.66. The zero-order valence-corrected chi connectivity index (χ0v) is 14.9. The van der Waals surface area contributed by atoms with Gasteiger partial charge in [-0.3, -0.25) is 0 Å². The molecular formula is C19H26N4O2. The monoisotopic (exact) mass is 342 g/mol. The molecule has 1 saturated heterocycles. The van der Waals surface area contributed by atoms with Crippen LogP contribution in [0.2, 0.25) is 0 Å². The summed E-state index contributed by atoms with van der Waals surface area (Å²) in [5.41, 5.74) is 0. The van der Waals surface area contributed by atoms with Crippen molar-refractivity contribution in [3.05, 3.63) is 36.7 Å². The summed E-state index contributed by atoms with van der Waals surface area (Å²) in [6, 6.07) is 9.60. The molecule has 0 bridgehead atoms. The molecule has 1 aliphatic heterocycles. The Labute approximate surface area is 149 Å². The van der Waals surface area contributed by atoms with Crippen molar-refractivity contribution in [3.8, 4) is 11.5 Å². The number of benzene rings is 1. The number of anilines is 2. The minimum absolute atomic E-state index is 0.562. The lowest BCUT2D eigenvalue weighted by molar-refractivity contribution is 0.331. The van der Waals surface area contributed by atoms with Crippen molar-refractivity contribution in [2.24, 2.45) is 5.92 Å². The minimum atomic E-state index is 0.562. The molecule has 0 spiro atoms. The molecule has 134 valence electrons. The zero-order valence-electron chi connectivity index (χ0n) is 14.9. The highest BCUT2D eigenvalue weighted by atomic mass is 16.5. The third-order valence-corrected chi connectivity index (χ3v) is 4.37. The summed E-state index contributed by atoms with van der Waals surface area (Å²) in [4.78, 5) is 11.1. The molecule has 25 heavy (non-hydrogen) atoms. The second-order valence-corrected chi connectivity index (χ2v) is 6.41. The fourth-order valence-electron chi connectivity index (χ4n) is 3.03. The lowest BCUT2D eigenvalue weighted by atomic mass is 10.0. The molecule has 6 nitrogen and oxygen atoms in total. The molecule has 2 heterocycles. The molecule has 3 rings (SSSR count). The average molecular weight is 342 g/mol. The van der Waals surface area contributed by atoms with Crippen LogP contribution in [0.15, 0.2) is 36.7 Å². The Morgan fingerprint density at radius 3 is 2.76 bits per heavy atom. The molecule has 1 aromatic carbocycles. The Morgan fingerprint density at radius 1 is 1.20 bits per heavy atom. The maximum absolute atomic E-state index is 5.72. The number of hydrogen-bond acceptors (Lipinski definition) is 6. The van der Waals surface area contributed by atoms with Crippen LogP contribution in [-0.2, 0) is 0 Å². The highest BCUT2D eigenvalue weighted by Gasteiger charge is 2.17. The predicted octanol–water partition coefficient (Wildman–Crippen LogP) is 3.21. The van der Waals surface area contributed by atoms with Gasteiger partial charge in [-0.15, -0.1) is 0 Å². The van der Waals surface area contributed by atoms with Crippen molar-refractivity contribution in [2.45, 2.75) is 19.8 Å². The van der Waals surface area contributed by atoms with Gasteiger partial charge in [0.2, 0.25) is 0 Å². The molecule has 1 fully saturated rings. The maximum Gasteiger partial charge on any atom is 0.134 e. The summed E-state index contributed by atoms with van der Waals surface area (Å²) in [5.74, 6) is 4.21. The molecule has 1 aliphatic rings. The molecule has 0 amide bonds. The molecule has 0 aliphatic carbocycles. The predicted molar refractivity (Wildman–Crippen MR) is 99.6 cm³/mol. The minimum Gasteiger partial charge on any atom is -0.497 e. The van der Waals surface area contributed by atoms with Gasteiger partial charge in [0.1, 0.15) is 36.1 Å². The Hall–Kier alpha value is -2.50. The number of methoxy groups -OCH3 is 1. The van der Waals surface area contributed by atoms with Crippen molar-refractivity contribution in [1.29, 1.82) is 0 Å². The van der Waals surface area contributed by atoms with E-state index in [1.807, 2.05) is 30.3 Å². The first-order chi connectivity index (χ1) is 12.2. The van der Waals surface area contributed by atoms with Crippen molar-refractivity contribution in [1.82, 2.24) is 9.97 Å². The van der Waals surface area contributed by atoms with Gasteiger partial charge in [0.25, 0.3) is 0 Å². The smallest absolute Gasteiger partial charge is 0.134 e. The summed E-state index contributed by atoms with van der Waals surface area (Å²) in [5, 5.41) is 3.30.